The minimum atomic E-state index is 1.13. The fraction of sp³-hybridized carbons (Fsp3) is 0. The first-order valence-electron chi connectivity index (χ1n) is 3.76. The van der Waals surface area contributed by atoms with Gasteiger partial charge in [-0.05, 0) is 16.8 Å². The number of hydrogen-bond donors (Lipinski definition) is 0. The summed E-state index contributed by atoms with van der Waals surface area (Å²) >= 11 is 1.30. The van der Waals surface area contributed by atoms with Crippen molar-refractivity contribution in [2.45, 2.75) is 4.90 Å². The molecule has 0 spiro atoms. The van der Waals surface area contributed by atoms with E-state index in [1.165, 1.54) is 22.5 Å². The fourth-order valence-corrected chi connectivity index (χ4v) is 1.77. The lowest BCUT2D eigenvalue weighted by Crippen LogP contribution is -1.74. The van der Waals surface area contributed by atoms with Gasteiger partial charge in [0.15, 0.2) is 0 Å². The molecule has 2 aromatic rings. The van der Waals surface area contributed by atoms with E-state index in [0.717, 1.165) is 4.90 Å². The highest BCUT2D eigenvalue weighted by atomic mass is 32.2. The highest BCUT2D eigenvalue weighted by molar-refractivity contribution is 8.00. The van der Waals surface area contributed by atoms with Gasteiger partial charge in [0.1, 0.15) is 0 Å². The molecule has 0 nitrogen and oxygen atoms in total. The molecule has 0 unspecified atom stereocenters. The third kappa shape index (κ3) is 1.21. The zero-order valence-electron chi connectivity index (χ0n) is 6.53. The Kier molecular flexibility index (Phi) is 2.05. The van der Waals surface area contributed by atoms with Crippen LogP contribution in [0.4, 0.5) is 0 Å². The van der Waals surface area contributed by atoms with Gasteiger partial charge in [-0.25, -0.2) is 0 Å². The lowest BCUT2D eigenvalue weighted by atomic mass is 10.1. The number of hydrogen-bond acceptors (Lipinski definition) is 1. The summed E-state index contributed by atoms with van der Waals surface area (Å²) < 4.78 is 0. The maximum absolute atomic E-state index is 5.53. The Morgan fingerprint density at radius 2 is 1.67 bits per heavy atom. The van der Waals surface area contributed by atoms with Gasteiger partial charge < -0.3 is 0 Å². The van der Waals surface area contributed by atoms with Crippen molar-refractivity contribution in [3.63, 3.8) is 0 Å². The van der Waals surface area contributed by atoms with Gasteiger partial charge in [0, 0.05) is 11.2 Å². The molecule has 0 atom stereocenters. The standard InChI is InChI=1S/C11H8S/c1-12-11-8-4-6-9-5-2-3-7-10(9)11/h1-8H. The molecule has 0 aliphatic rings. The topological polar surface area (TPSA) is 0 Å². The smallest absolute Gasteiger partial charge is 0.0362 e. The van der Waals surface area contributed by atoms with Crippen molar-refractivity contribution in [3.05, 3.63) is 48.7 Å². The van der Waals surface area contributed by atoms with Gasteiger partial charge in [-0.1, -0.05) is 36.4 Å². The molecule has 0 aliphatic carbocycles. The average molecular weight is 172 g/mol. The minimum Gasteiger partial charge on any atom is -0.120 e. The van der Waals surface area contributed by atoms with E-state index < -0.39 is 0 Å². The van der Waals surface area contributed by atoms with Crippen LogP contribution in [0.2, 0.25) is 0 Å². The van der Waals surface area contributed by atoms with Gasteiger partial charge in [-0.15, -0.1) is 11.8 Å². The van der Waals surface area contributed by atoms with Crippen LogP contribution in [0.1, 0.15) is 0 Å². The van der Waals surface area contributed by atoms with Gasteiger partial charge in [0.2, 0.25) is 0 Å². The van der Waals surface area contributed by atoms with Crippen molar-refractivity contribution in [2.24, 2.45) is 0 Å². The van der Waals surface area contributed by atoms with Crippen LogP contribution >= 0.6 is 11.8 Å². The highest BCUT2D eigenvalue weighted by Crippen LogP contribution is 2.26. The third-order valence-corrected chi connectivity index (χ3v) is 2.49. The molecule has 0 bridgehead atoms. The molecule has 12 heavy (non-hydrogen) atoms. The van der Waals surface area contributed by atoms with Crippen molar-refractivity contribution >= 4 is 22.5 Å². The molecule has 0 N–H and O–H groups in total. The lowest BCUT2D eigenvalue weighted by Gasteiger charge is -2.01. The van der Waals surface area contributed by atoms with Crippen LogP contribution in [0, 0.1) is 6.26 Å². The molecule has 1 heteroatoms. The van der Waals surface area contributed by atoms with E-state index in [1.54, 1.807) is 0 Å². The fourth-order valence-electron chi connectivity index (χ4n) is 1.30. The number of benzene rings is 2. The molecule has 2 rings (SSSR count). The Balaban J connectivity index is 2.79. The molecule has 0 amide bonds. The second-order valence-electron chi connectivity index (χ2n) is 2.60. The molecule has 0 heterocycles. The Hall–Kier alpha value is -0.950. The molecular weight excluding hydrogens is 164 g/mol. The largest absolute Gasteiger partial charge is 0.120 e. The van der Waals surface area contributed by atoms with Crippen molar-refractivity contribution < 1.29 is 0 Å². The predicted octanol–water partition coefficient (Wildman–Crippen LogP) is 3.60. The monoisotopic (exact) mass is 172 g/mol. The summed E-state index contributed by atoms with van der Waals surface area (Å²) in [4.78, 5) is 1.13. The summed E-state index contributed by atoms with van der Waals surface area (Å²) in [6, 6.07) is 14.4. The Labute approximate surface area is 76.6 Å². The summed E-state index contributed by atoms with van der Waals surface area (Å²) in [7, 11) is 0. The van der Waals surface area contributed by atoms with E-state index in [2.05, 4.69) is 18.2 Å². The van der Waals surface area contributed by atoms with Crippen LogP contribution in [0.15, 0.2) is 47.4 Å². The zero-order chi connectivity index (χ0) is 8.39. The summed E-state index contributed by atoms with van der Waals surface area (Å²) in [5.41, 5.74) is 0. The van der Waals surface area contributed by atoms with E-state index >= 15 is 0 Å². The molecule has 0 saturated heterocycles. The Bertz CT molecular complexity index is 388. The third-order valence-electron chi connectivity index (χ3n) is 1.88. The van der Waals surface area contributed by atoms with Gasteiger partial charge in [0.05, 0.1) is 0 Å². The van der Waals surface area contributed by atoms with Crippen LogP contribution in [-0.4, -0.2) is 0 Å². The summed E-state index contributed by atoms with van der Waals surface area (Å²) in [5, 5.41) is 2.47. The second-order valence-corrected chi connectivity index (χ2v) is 3.27. The second kappa shape index (κ2) is 3.20. The number of fused-ring (bicyclic) bond motifs is 1. The van der Waals surface area contributed by atoms with Crippen LogP contribution in [0.25, 0.3) is 10.8 Å². The van der Waals surface area contributed by atoms with Crippen LogP contribution in [-0.2, 0) is 0 Å². The van der Waals surface area contributed by atoms with Crippen molar-refractivity contribution in [2.75, 3.05) is 0 Å². The van der Waals surface area contributed by atoms with Crippen molar-refractivity contribution in [3.8, 4) is 0 Å². The summed E-state index contributed by atoms with van der Waals surface area (Å²) in [6.07, 6.45) is 5.53. The number of thioether (sulfide) groups is 1. The zero-order valence-corrected chi connectivity index (χ0v) is 7.34. The van der Waals surface area contributed by atoms with E-state index in [9.17, 15) is 0 Å². The number of rotatable bonds is 1. The van der Waals surface area contributed by atoms with Crippen LogP contribution < -0.4 is 0 Å². The van der Waals surface area contributed by atoms with Crippen LogP contribution in [0.5, 0.6) is 0 Å². The maximum atomic E-state index is 5.53. The Morgan fingerprint density at radius 3 is 2.50 bits per heavy atom. The predicted molar refractivity (Wildman–Crippen MR) is 54.1 cm³/mol. The van der Waals surface area contributed by atoms with Gasteiger partial charge in [0.25, 0.3) is 0 Å². The van der Waals surface area contributed by atoms with Gasteiger partial charge in [-0.2, -0.15) is 0 Å². The normalized spacial score (nSPS) is 10.4. The molecule has 2 aromatic carbocycles. The van der Waals surface area contributed by atoms with E-state index in [0.29, 0.717) is 0 Å². The molecule has 2 radical (unpaired) electrons. The van der Waals surface area contributed by atoms with E-state index in [-0.39, 0.29) is 0 Å². The average Bonchev–Trinajstić information content (AvgIpc) is 2.17. The molecule has 0 fully saturated rings. The van der Waals surface area contributed by atoms with Gasteiger partial charge >= 0.3 is 0 Å². The first-order valence-corrected chi connectivity index (χ1v) is 4.64. The molecule has 0 aromatic heterocycles. The van der Waals surface area contributed by atoms with E-state index in [4.69, 9.17) is 6.26 Å². The molecule has 0 saturated carbocycles. The quantitative estimate of drug-likeness (QED) is 0.592. The SMILES string of the molecule is [CH]Sc1cccc2ccccc12. The van der Waals surface area contributed by atoms with Gasteiger partial charge in [-0.3, -0.25) is 0 Å². The Morgan fingerprint density at radius 1 is 0.917 bits per heavy atom. The molecular formula is C11H8S. The van der Waals surface area contributed by atoms with Crippen LogP contribution in [0.3, 0.4) is 0 Å². The summed E-state index contributed by atoms with van der Waals surface area (Å²) in [6.45, 7) is 0. The molecule has 58 valence electrons. The highest BCUT2D eigenvalue weighted by Gasteiger charge is 1.96. The molecule has 0 aliphatic heterocycles. The lowest BCUT2D eigenvalue weighted by molar-refractivity contribution is 1.55. The van der Waals surface area contributed by atoms with Crippen molar-refractivity contribution in [1.29, 1.82) is 0 Å². The first kappa shape index (κ1) is 7.69. The van der Waals surface area contributed by atoms with E-state index in [1.807, 2.05) is 24.3 Å². The van der Waals surface area contributed by atoms with Crippen molar-refractivity contribution in [1.82, 2.24) is 0 Å². The first-order chi connectivity index (χ1) is 5.92. The summed E-state index contributed by atoms with van der Waals surface area (Å²) in [5.74, 6) is 0. The minimum absolute atomic E-state index is 1.13. The maximum Gasteiger partial charge on any atom is 0.0362 e.